The number of carbonyl (C=O) groups excluding carboxylic acids is 1. The van der Waals surface area contributed by atoms with E-state index >= 15 is 0 Å². The number of esters is 1. The van der Waals surface area contributed by atoms with E-state index in [4.69, 9.17) is 24.3 Å². The van der Waals surface area contributed by atoms with Crippen molar-refractivity contribution in [2.24, 2.45) is 5.73 Å². The summed E-state index contributed by atoms with van der Waals surface area (Å²) in [6, 6.07) is 0. The van der Waals surface area contributed by atoms with Crippen molar-refractivity contribution in [3.05, 3.63) is 48.6 Å². The summed E-state index contributed by atoms with van der Waals surface area (Å²) in [5.41, 5.74) is 5.34. The molecule has 0 radical (unpaired) electrons. The molecule has 6 N–H and O–H groups in total. The van der Waals surface area contributed by atoms with Gasteiger partial charge >= 0.3 is 13.8 Å². The predicted octanol–water partition coefficient (Wildman–Crippen LogP) is 9.33. The van der Waals surface area contributed by atoms with Crippen LogP contribution in [0, 0.1) is 0 Å². The molecule has 0 aromatic rings. The Labute approximate surface area is 334 Å². The Morgan fingerprint density at radius 2 is 1.13 bits per heavy atom. The van der Waals surface area contributed by atoms with Gasteiger partial charge in [0.1, 0.15) is 6.10 Å². The highest BCUT2D eigenvalue weighted by molar-refractivity contribution is 7.47. The fraction of sp³-hybridized carbons (Fsp3) is 0.791. The summed E-state index contributed by atoms with van der Waals surface area (Å²) in [6.07, 6.45) is 34.9. The number of phosphoric ester groups is 1. The normalized spacial score (nSPS) is 15.7. The zero-order valence-electron chi connectivity index (χ0n) is 34.5. The maximum atomic E-state index is 12.6. The lowest BCUT2D eigenvalue weighted by molar-refractivity contribution is -0.154. The molecule has 0 heterocycles. The van der Waals surface area contributed by atoms with Crippen molar-refractivity contribution in [2.45, 2.75) is 186 Å². The molecule has 11 nitrogen and oxygen atoms in total. The van der Waals surface area contributed by atoms with Crippen LogP contribution >= 0.6 is 7.82 Å². The maximum absolute atomic E-state index is 12.6. The third kappa shape index (κ3) is 37.7. The minimum atomic E-state index is -4.37. The smallest absolute Gasteiger partial charge is 0.457 e. The quantitative estimate of drug-likeness (QED) is 0.0173. The summed E-state index contributed by atoms with van der Waals surface area (Å²) < 4.78 is 33.2. The topological polar surface area (TPSA) is 178 Å². The van der Waals surface area contributed by atoms with Gasteiger partial charge in [-0.05, 0) is 25.7 Å². The molecule has 0 bridgehead atoms. The summed E-state index contributed by atoms with van der Waals surface area (Å²) in [6.45, 7) is 4.34. The third-order valence-electron chi connectivity index (χ3n) is 9.12. The first-order valence-electron chi connectivity index (χ1n) is 21.5. The van der Waals surface area contributed by atoms with E-state index in [1.165, 1.54) is 89.5 Å². The van der Waals surface area contributed by atoms with Crippen LogP contribution in [0.2, 0.25) is 0 Å². The molecule has 0 rings (SSSR count). The van der Waals surface area contributed by atoms with Gasteiger partial charge in [-0.3, -0.25) is 13.8 Å². The van der Waals surface area contributed by atoms with Crippen LogP contribution in [-0.2, 0) is 27.9 Å². The first-order chi connectivity index (χ1) is 26.6. The molecule has 0 saturated heterocycles. The van der Waals surface area contributed by atoms with Crippen molar-refractivity contribution >= 4 is 13.8 Å². The number of ether oxygens (including phenoxy) is 2. The highest BCUT2D eigenvalue weighted by Gasteiger charge is 2.25. The highest BCUT2D eigenvalue weighted by atomic mass is 31.2. The Morgan fingerprint density at radius 3 is 1.69 bits per heavy atom. The summed E-state index contributed by atoms with van der Waals surface area (Å²) in [7, 11) is -4.37. The van der Waals surface area contributed by atoms with Crippen LogP contribution in [0.5, 0.6) is 0 Å². The van der Waals surface area contributed by atoms with Crippen LogP contribution in [0.3, 0.4) is 0 Å². The molecule has 0 saturated carbocycles. The van der Waals surface area contributed by atoms with Gasteiger partial charge in [-0.25, -0.2) is 4.57 Å². The number of hydrogen-bond acceptors (Lipinski definition) is 10. The van der Waals surface area contributed by atoms with Crippen molar-refractivity contribution in [2.75, 3.05) is 33.0 Å². The molecule has 0 aliphatic heterocycles. The maximum Gasteiger partial charge on any atom is 0.472 e. The molecule has 0 aliphatic carbocycles. The fourth-order valence-corrected chi connectivity index (χ4v) is 6.56. The Balaban J connectivity index is 4.38. The van der Waals surface area contributed by atoms with Gasteiger partial charge in [-0.1, -0.05) is 178 Å². The van der Waals surface area contributed by atoms with Gasteiger partial charge in [-0.2, -0.15) is 0 Å². The van der Waals surface area contributed by atoms with E-state index < -0.39 is 44.8 Å². The molecule has 0 spiro atoms. The number of nitrogens with two attached hydrogens (primary N) is 1. The molecule has 0 amide bonds. The standard InChI is InChI=1S/C43H80NO10P/c1-3-5-7-8-9-10-11-12-13-14-15-16-17-20-23-27-35-51-37-40(38-53-55(49,50)52-36-34-44)54-43(48)33-28-32-42(47)41(46)31-26-22-19-18-21-25-30-39(45)29-24-6-4-2/h18-19,21-22,25-26,30-31,39-42,45-47H,3-17,20,23-24,27-29,32-38,44H2,1-2H3,(H,49,50)/b21-18+,22-19-,30-25-,31-26-. The van der Waals surface area contributed by atoms with Gasteiger partial charge in [0.25, 0.3) is 0 Å². The molecular formula is C43H80NO10P. The average molecular weight is 802 g/mol. The molecule has 322 valence electrons. The average Bonchev–Trinajstić information content (AvgIpc) is 3.16. The minimum Gasteiger partial charge on any atom is -0.457 e. The number of allylic oxidation sites excluding steroid dienone is 6. The molecule has 55 heavy (non-hydrogen) atoms. The van der Waals surface area contributed by atoms with E-state index in [2.05, 4.69) is 13.8 Å². The molecule has 5 atom stereocenters. The summed E-state index contributed by atoms with van der Waals surface area (Å²) >= 11 is 0. The lowest BCUT2D eigenvalue weighted by Gasteiger charge is -2.20. The van der Waals surface area contributed by atoms with Crippen molar-refractivity contribution in [3.8, 4) is 0 Å². The predicted molar refractivity (Wildman–Crippen MR) is 224 cm³/mol. The molecule has 0 aromatic heterocycles. The van der Waals surface area contributed by atoms with Crippen LogP contribution < -0.4 is 5.73 Å². The molecular weight excluding hydrogens is 721 g/mol. The zero-order valence-corrected chi connectivity index (χ0v) is 35.4. The third-order valence-corrected chi connectivity index (χ3v) is 10.1. The van der Waals surface area contributed by atoms with Gasteiger partial charge in [0.15, 0.2) is 0 Å². The monoisotopic (exact) mass is 802 g/mol. The van der Waals surface area contributed by atoms with E-state index in [0.717, 1.165) is 44.9 Å². The second kappa shape index (κ2) is 39.2. The zero-order chi connectivity index (χ0) is 40.7. The second-order valence-electron chi connectivity index (χ2n) is 14.4. The van der Waals surface area contributed by atoms with Gasteiger partial charge in [0, 0.05) is 19.6 Å². The van der Waals surface area contributed by atoms with Gasteiger partial charge in [-0.15, -0.1) is 0 Å². The number of aliphatic hydroxyl groups is 3. The van der Waals surface area contributed by atoms with Gasteiger partial charge in [0.2, 0.25) is 0 Å². The highest BCUT2D eigenvalue weighted by Crippen LogP contribution is 2.43. The second-order valence-corrected chi connectivity index (χ2v) is 15.9. The molecule has 0 aliphatic rings. The van der Waals surface area contributed by atoms with Gasteiger partial charge in [0.05, 0.1) is 38.1 Å². The van der Waals surface area contributed by atoms with Crippen LogP contribution in [0.25, 0.3) is 0 Å². The number of aliphatic hydroxyl groups excluding tert-OH is 3. The summed E-state index contributed by atoms with van der Waals surface area (Å²) in [5, 5.41) is 30.5. The van der Waals surface area contributed by atoms with E-state index in [9.17, 15) is 29.6 Å². The molecule has 0 aromatic carbocycles. The number of hydrogen-bond donors (Lipinski definition) is 5. The van der Waals surface area contributed by atoms with Crippen LogP contribution in [0.4, 0.5) is 0 Å². The Hall–Kier alpha value is -1.66. The number of phosphoric acid groups is 1. The van der Waals surface area contributed by atoms with E-state index in [1.807, 2.05) is 0 Å². The number of unbranched alkanes of at least 4 members (excludes halogenated alkanes) is 17. The number of carbonyl (C=O) groups is 1. The van der Waals surface area contributed by atoms with Crippen molar-refractivity contribution in [1.82, 2.24) is 0 Å². The lowest BCUT2D eigenvalue weighted by atomic mass is 10.0. The van der Waals surface area contributed by atoms with Crippen molar-refractivity contribution in [3.63, 3.8) is 0 Å². The van der Waals surface area contributed by atoms with Gasteiger partial charge < -0.3 is 35.4 Å². The lowest BCUT2D eigenvalue weighted by Crippen LogP contribution is -2.29. The number of rotatable bonds is 40. The molecule has 0 fully saturated rings. The molecule has 12 heteroatoms. The van der Waals surface area contributed by atoms with E-state index in [0.29, 0.717) is 6.61 Å². The molecule has 5 unspecified atom stereocenters. The summed E-state index contributed by atoms with van der Waals surface area (Å²) in [5.74, 6) is -0.579. The fourth-order valence-electron chi connectivity index (χ4n) is 5.79. The Bertz CT molecular complexity index is 1040. The van der Waals surface area contributed by atoms with E-state index in [1.54, 1.807) is 42.5 Å². The first kappa shape index (κ1) is 53.3. The summed E-state index contributed by atoms with van der Waals surface area (Å²) in [4.78, 5) is 22.5. The minimum absolute atomic E-state index is 0.00645. The van der Waals surface area contributed by atoms with Crippen LogP contribution in [0.1, 0.15) is 162 Å². The SMILES string of the molecule is CCCCCCCCCCCCCCCCCCOCC(COP(=O)(O)OCCN)OC(=O)CCCC(O)C(O)\C=C/C=C\C=C\C=C/C(O)CCCCC. The Morgan fingerprint density at radius 1 is 0.618 bits per heavy atom. The largest absolute Gasteiger partial charge is 0.472 e. The van der Waals surface area contributed by atoms with Crippen LogP contribution in [0.15, 0.2) is 48.6 Å². The Kier molecular flexibility index (Phi) is 38.0. The van der Waals surface area contributed by atoms with Crippen LogP contribution in [-0.4, -0.2) is 83.6 Å². The van der Waals surface area contributed by atoms with Crippen molar-refractivity contribution in [1.29, 1.82) is 0 Å². The first-order valence-corrected chi connectivity index (χ1v) is 23.0. The van der Waals surface area contributed by atoms with E-state index in [-0.39, 0.29) is 39.0 Å². The van der Waals surface area contributed by atoms with Crippen molar-refractivity contribution < 1.29 is 48.1 Å².